The van der Waals surface area contributed by atoms with E-state index in [0.717, 1.165) is 9.13 Å². The molecular weight excluding hydrogens is 478 g/mol. The summed E-state index contributed by atoms with van der Waals surface area (Å²) in [5.74, 6) is -2.72. The van der Waals surface area contributed by atoms with Crippen LogP contribution in [0.25, 0.3) is 0 Å². The summed E-state index contributed by atoms with van der Waals surface area (Å²) in [6, 6.07) is 10.8. The molecule has 2 rings (SSSR count). The standard InChI is InChI=1S/C20H20FIN2O4/c1-12(25)23-17(11-14-3-2-4-15(21)9-14)19(26)24-18(20(27)28)10-13-5-7-16(22)8-6-13/h2-9,17-18H,10-11H2,1H3,(H,23,25)(H,24,26)(H,27,28)/t17-,18+/m0/s1. The van der Waals surface area contributed by atoms with Crippen LogP contribution in [0.15, 0.2) is 48.5 Å². The maximum atomic E-state index is 13.4. The minimum absolute atomic E-state index is 0.0407. The monoisotopic (exact) mass is 498 g/mol. The molecule has 0 bridgehead atoms. The second-order valence-corrected chi connectivity index (χ2v) is 7.56. The fraction of sp³-hybridized carbons (Fsp3) is 0.250. The molecule has 0 fully saturated rings. The quantitative estimate of drug-likeness (QED) is 0.487. The number of rotatable bonds is 8. The molecule has 28 heavy (non-hydrogen) atoms. The molecule has 6 nitrogen and oxygen atoms in total. The van der Waals surface area contributed by atoms with Gasteiger partial charge in [0.15, 0.2) is 0 Å². The highest BCUT2D eigenvalue weighted by atomic mass is 127. The molecule has 0 aliphatic carbocycles. The maximum absolute atomic E-state index is 13.4. The second-order valence-electron chi connectivity index (χ2n) is 6.32. The molecule has 0 heterocycles. The number of amides is 2. The van der Waals surface area contributed by atoms with E-state index < -0.39 is 35.7 Å². The average molecular weight is 498 g/mol. The molecule has 0 saturated carbocycles. The third kappa shape index (κ3) is 6.91. The van der Waals surface area contributed by atoms with E-state index in [1.807, 2.05) is 12.1 Å². The van der Waals surface area contributed by atoms with Gasteiger partial charge in [-0.2, -0.15) is 0 Å². The predicted octanol–water partition coefficient (Wildman–Crippen LogP) is 2.29. The van der Waals surface area contributed by atoms with Crippen LogP contribution in [0.3, 0.4) is 0 Å². The highest BCUT2D eigenvalue weighted by Crippen LogP contribution is 2.10. The van der Waals surface area contributed by atoms with Crippen LogP contribution in [0.1, 0.15) is 18.1 Å². The lowest BCUT2D eigenvalue weighted by Gasteiger charge is -2.21. The Morgan fingerprint density at radius 1 is 1.00 bits per heavy atom. The largest absolute Gasteiger partial charge is 0.480 e. The van der Waals surface area contributed by atoms with E-state index in [0.29, 0.717) is 5.56 Å². The van der Waals surface area contributed by atoms with Crippen LogP contribution in [-0.4, -0.2) is 35.0 Å². The first-order valence-electron chi connectivity index (χ1n) is 8.53. The summed E-state index contributed by atoms with van der Waals surface area (Å²) in [7, 11) is 0. The van der Waals surface area contributed by atoms with Gasteiger partial charge in [-0.05, 0) is 58.0 Å². The Morgan fingerprint density at radius 3 is 2.21 bits per heavy atom. The molecule has 0 aliphatic rings. The van der Waals surface area contributed by atoms with Crippen LogP contribution in [0, 0.1) is 9.39 Å². The number of hydrogen-bond acceptors (Lipinski definition) is 3. The number of aliphatic carboxylic acids is 1. The summed E-state index contributed by atoms with van der Waals surface area (Å²) in [5, 5.41) is 14.4. The van der Waals surface area contributed by atoms with Gasteiger partial charge in [0.2, 0.25) is 11.8 Å². The Labute approximate surface area is 175 Å². The normalized spacial score (nSPS) is 12.7. The van der Waals surface area contributed by atoms with Gasteiger partial charge in [0.1, 0.15) is 17.9 Å². The maximum Gasteiger partial charge on any atom is 0.326 e. The smallest absolute Gasteiger partial charge is 0.326 e. The van der Waals surface area contributed by atoms with Crippen molar-refractivity contribution >= 4 is 40.4 Å². The van der Waals surface area contributed by atoms with Crippen LogP contribution >= 0.6 is 22.6 Å². The summed E-state index contributed by atoms with van der Waals surface area (Å²) >= 11 is 2.14. The van der Waals surface area contributed by atoms with Crippen molar-refractivity contribution < 1.29 is 23.9 Å². The number of hydrogen-bond donors (Lipinski definition) is 3. The first kappa shape index (κ1) is 21.8. The third-order valence-corrected chi connectivity index (χ3v) is 4.71. The molecule has 2 atom stereocenters. The Balaban J connectivity index is 2.12. The summed E-state index contributed by atoms with van der Waals surface area (Å²) in [6.45, 7) is 1.26. The van der Waals surface area contributed by atoms with Gasteiger partial charge in [0.05, 0.1) is 0 Å². The highest BCUT2D eigenvalue weighted by Gasteiger charge is 2.26. The van der Waals surface area contributed by atoms with Crippen molar-refractivity contribution in [3.8, 4) is 0 Å². The first-order chi connectivity index (χ1) is 13.2. The van der Waals surface area contributed by atoms with Gasteiger partial charge in [-0.3, -0.25) is 9.59 Å². The van der Waals surface area contributed by atoms with Gasteiger partial charge in [-0.15, -0.1) is 0 Å². The number of carboxylic acids is 1. The number of nitrogens with one attached hydrogen (secondary N) is 2. The van der Waals surface area contributed by atoms with Crippen molar-refractivity contribution in [3.05, 3.63) is 69.0 Å². The molecule has 2 aromatic carbocycles. The number of carbonyl (C=O) groups is 3. The molecular formula is C20H20FIN2O4. The van der Waals surface area contributed by atoms with Crippen molar-refractivity contribution in [2.45, 2.75) is 31.8 Å². The molecule has 0 aromatic heterocycles. The van der Waals surface area contributed by atoms with Gasteiger partial charge >= 0.3 is 5.97 Å². The van der Waals surface area contributed by atoms with E-state index >= 15 is 0 Å². The number of halogens is 2. The molecule has 3 N–H and O–H groups in total. The number of carbonyl (C=O) groups excluding carboxylic acids is 2. The fourth-order valence-corrected chi connectivity index (χ4v) is 3.04. The zero-order valence-corrected chi connectivity index (χ0v) is 17.3. The predicted molar refractivity (Wildman–Crippen MR) is 110 cm³/mol. The molecule has 0 radical (unpaired) electrons. The highest BCUT2D eigenvalue weighted by molar-refractivity contribution is 14.1. The molecule has 0 aliphatic heterocycles. The fourth-order valence-electron chi connectivity index (χ4n) is 2.68. The van der Waals surface area contributed by atoms with E-state index in [2.05, 4.69) is 33.2 Å². The summed E-state index contributed by atoms with van der Waals surface area (Å²) in [6.07, 6.45) is 0.143. The molecule has 2 aromatic rings. The van der Waals surface area contributed by atoms with Crippen LogP contribution in [0.5, 0.6) is 0 Å². The second kappa shape index (κ2) is 10.2. The van der Waals surface area contributed by atoms with Crippen molar-refractivity contribution in [3.63, 3.8) is 0 Å². The van der Waals surface area contributed by atoms with Crippen LogP contribution in [0.4, 0.5) is 4.39 Å². The lowest BCUT2D eigenvalue weighted by molar-refractivity contribution is -0.142. The molecule has 8 heteroatoms. The summed E-state index contributed by atoms with van der Waals surface area (Å²) in [5.41, 5.74) is 1.27. The molecule has 0 saturated heterocycles. The lowest BCUT2D eigenvalue weighted by atomic mass is 10.0. The average Bonchev–Trinajstić information content (AvgIpc) is 2.62. The molecule has 148 valence electrons. The molecule has 2 amide bonds. The van der Waals surface area contributed by atoms with Crippen LogP contribution < -0.4 is 10.6 Å². The molecule has 0 spiro atoms. The van der Waals surface area contributed by atoms with Gasteiger partial charge in [0.25, 0.3) is 0 Å². The zero-order valence-electron chi connectivity index (χ0n) is 15.1. The Hall–Kier alpha value is -2.49. The zero-order chi connectivity index (χ0) is 20.7. The molecule has 0 unspecified atom stereocenters. The first-order valence-corrected chi connectivity index (χ1v) is 9.61. The minimum atomic E-state index is -1.18. The Morgan fingerprint density at radius 2 is 1.64 bits per heavy atom. The van der Waals surface area contributed by atoms with E-state index in [1.54, 1.807) is 18.2 Å². The number of carboxylic acid groups (broad SMARTS) is 1. The third-order valence-electron chi connectivity index (χ3n) is 3.99. The van der Waals surface area contributed by atoms with Crippen molar-refractivity contribution in [2.24, 2.45) is 0 Å². The van der Waals surface area contributed by atoms with E-state index in [4.69, 9.17) is 0 Å². The van der Waals surface area contributed by atoms with E-state index in [-0.39, 0.29) is 12.8 Å². The van der Waals surface area contributed by atoms with Crippen molar-refractivity contribution in [1.29, 1.82) is 0 Å². The Kier molecular flexibility index (Phi) is 7.91. The SMILES string of the molecule is CC(=O)N[C@@H](Cc1cccc(F)c1)C(=O)N[C@H](Cc1ccc(I)cc1)C(=O)O. The minimum Gasteiger partial charge on any atom is -0.480 e. The number of benzene rings is 2. The van der Waals surface area contributed by atoms with Gasteiger partial charge in [-0.1, -0.05) is 24.3 Å². The van der Waals surface area contributed by atoms with E-state index in [1.165, 1.54) is 25.1 Å². The lowest BCUT2D eigenvalue weighted by Crippen LogP contribution is -2.52. The van der Waals surface area contributed by atoms with Crippen molar-refractivity contribution in [1.82, 2.24) is 10.6 Å². The van der Waals surface area contributed by atoms with Crippen molar-refractivity contribution in [2.75, 3.05) is 0 Å². The summed E-state index contributed by atoms with van der Waals surface area (Å²) in [4.78, 5) is 35.7. The van der Waals surface area contributed by atoms with Crippen LogP contribution in [0.2, 0.25) is 0 Å². The van der Waals surface area contributed by atoms with Crippen LogP contribution in [-0.2, 0) is 27.2 Å². The topological polar surface area (TPSA) is 95.5 Å². The van der Waals surface area contributed by atoms with Gasteiger partial charge in [0, 0.05) is 23.3 Å². The Bertz CT molecular complexity index is 858. The summed E-state index contributed by atoms with van der Waals surface area (Å²) < 4.78 is 14.4. The van der Waals surface area contributed by atoms with E-state index in [9.17, 15) is 23.9 Å². The van der Waals surface area contributed by atoms with Gasteiger partial charge < -0.3 is 15.7 Å². The van der Waals surface area contributed by atoms with Gasteiger partial charge in [-0.25, -0.2) is 9.18 Å².